The van der Waals surface area contributed by atoms with Crippen molar-refractivity contribution in [3.8, 4) is 5.75 Å². The van der Waals surface area contributed by atoms with Crippen molar-refractivity contribution in [3.63, 3.8) is 0 Å². The number of methoxy groups -OCH3 is 1. The Balaban J connectivity index is 1.99. The summed E-state index contributed by atoms with van der Waals surface area (Å²) >= 11 is 0. The number of hydrogen-bond acceptors (Lipinski definition) is 4. The van der Waals surface area contributed by atoms with Crippen molar-refractivity contribution in [2.45, 2.75) is 25.4 Å². The van der Waals surface area contributed by atoms with E-state index in [1.54, 1.807) is 42.1 Å². The van der Waals surface area contributed by atoms with Gasteiger partial charge in [-0.1, -0.05) is 12.1 Å². The number of aromatic nitrogens is 2. The molecule has 2 heterocycles. The lowest BCUT2D eigenvalue weighted by molar-refractivity contribution is -0.152. The molecule has 0 aliphatic carbocycles. The number of carbonyl (C=O) groups is 2. The van der Waals surface area contributed by atoms with Crippen LogP contribution in [0, 0.1) is 5.92 Å². The van der Waals surface area contributed by atoms with Crippen LogP contribution < -0.4 is 4.74 Å². The Hall–Kier alpha value is -2.83. The summed E-state index contributed by atoms with van der Waals surface area (Å²) < 4.78 is 6.87. The Kier molecular flexibility index (Phi) is 4.74. The number of ether oxygens (including phenoxy) is 1. The van der Waals surface area contributed by atoms with E-state index in [1.165, 1.54) is 0 Å². The first-order chi connectivity index (χ1) is 12.0. The summed E-state index contributed by atoms with van der Waals surface area (Å²) in [6.07, 6.45) is 2.25. The standard InChI is InChI=1S/C18H21N3O4/c1-20-13(9-10-19-20)11-21-16(22)8-7-15(18(23)24)17(21)12-3-5-14(25-2)6-4-12/h3-6,9-10,15,17H,7-8,11H2,1-2H3,(H,23,24)/t15-,17-/m0/s1. The quantitative estimate of drug-likeness (QED) is 0.897. The monoisotopic (exact) mass is 343 g/mol. The minimum absolute atomic E-state index is 0.0421. The van der Waals surface area contributed by atoms with Gasteiger partial charge in [-0.25, -0.2) is 0 Å². The zero-order valence-electron chi connectivity index (χ0n) is 14.3. The van der Waals surface area contributed by atoms with Crippen LogP contribution in [0.5, 0.6) is 5.75 Å². The number of aliphatic carboxylic acids is 1. The van der Waals surface area contributed by atoms with Gasteiger partial charge in [-0.2, -0.15) is 5.10 Å². The zero-order chi connectivity index (χ0) is 18.0. The van der Waals surface area contributed by atoms with Gasteiger partial charge < -0.3 is 14.7 Å². The van der Waals surface area contributed by atoms with Gasteiger partial charge in [0.15, 0.2) is 0 Å². The highest BCUT2D eigenvalue weighted by atomic mass is 16.5. The van der Waals surface area contributed by atoms with E-state index in [0.29, 0.717) is 18.7 Å². The molecule has 1 aromatic carbocycles. The molecule has 25 heavy (non-hydrogen) atoms. The average Bonchev–Trinajstić information content (AvgIpc) is 3.01. The highest BCUT2D eigenvalue weighted by Gasteiger charge is 2.40. The van der Waals surface area contributed by atoms with Gasteiger partial charge in [-0.05, 0) is 30.2 Å². The number of aryl methyl sites for hydroxylation is 1. The minimum Gasteiger partial charge on any atom is -0.497 e. The Morgan fingerprint density at radius 2 is 2.04 bits per heavy atom. The summed E-state index contributed by atoms with van der Waals surface area (Å²) in [5, 5.41) is 13.8. The molecule has 1 saturated heterocycles. The second-order valence-corrected chi connectivity index (χ2v) is 6.17. The predicted octanol–water partition coefficient (Wildman–Crippen LogP) is 1.99. The third kappa shape index (κ3) is 3.35. The van der Waals surface area contributed by atoms with Crippen LogP contribution in [0.25, 0.3) is 0 Å². The molecule has 1 fully saturated rings. The van der Waals surface area contributed by atoms with Gasteiger partial charge in [0.2, 0.25) is 5.91 Å². The Labute approximate surface area is 145 Å². The van der Waals surface area contributed by atoms with Crippen LogP contribution in [0.1, 0.15) is 30.1 Å². The molecule has 0 bridgehead atoms. The first-order valence-corrected chi connectivity index (χ1v) is 8.14. The SMILES string of the molecule is COc1ccc([C@H]2[C@@H](C(=O)O)CCC(=O)N2Cc2ccnn2C)cc1. The molecule has 2 aromatic rings. The molecule has 0 radical (unpaired) electrons. The number of rotatable bonds is 5. The fourth-order valence-corrected chi connectivity index (χ4v) is 3.34. The summed E-state index contributed by atoms with van der Waals surface area (Å²) in [5.74, 6) is -0.877. The normalized spacial score (nSPS) is 20.6. The van der Waals surface area contributed by atoms with Gasteiger partial charge in [0.25, 0.3) is 0 Å². The molecule has 1 aliphatic heterocycles. The topological polar surface area (TPSA) is 84.7 Å². The van der Waals surface area contributed by atoms with Crippen molar-refractivity contribution in [3.05, 3.63) is 47.8 Å². The van der Waals surface area contributed by atoms with E-state index in [1.807, 2.05) is 18.2 Å². The summed E-state index contributed by atoms with van der Waals surface area (Å²) in [5.41, 5.74) is 1.65. The Morgan fingerprint density at radius 1 is 1.32 bits per heavy atom. The highest BCUT2D eigenvalue weighted by Crippen LogP contribution is 2.38. The molecule has 7 nitrogen and oxygen atoms in total. The number of nitrogens with zero attached hydrogens (tertiary/aromatic N) is 3. The molecule has 2 atom stereocenters. The van der Waals surface area contributed by atoms with Crippen LogP contribution in [0.2, 0.25) is 0 Å². The summed E-state index contributed by atoms with van der Waals surface area (Å²) in [6.45, 7) is 0.329. The van der Waals surface area contributed by atoms with E-state index in [2.05, 4.69) is 5.10 Å². The van der Waals surface area contributed by atoms with Crippen molar-refractivity contribution in [1.29, 1.82) is 0 Å². The van der Waals surface area contributed by atoms with Gasteiger partial charge >= 0.3 is 5.97 Å². The summed E-state index contributed by atoms with van der Waals surface area (Å²) in [6, 6.07) is 8.55. The molecule has 0 saturated carbocycles. The second kappa shape index (κ2) is 6.96. The third-order valence-corrected chi connectivity index (χ3v) is 4.74. The van der Waals surface area contributed by atoms with E-state index in [-0.39, 0.29) is 12.3 Å². The maximum Gasteiger partial charge on any atom is 0.308 e. The van der Waals surface area contributed by atoms with E-state index in [4.69, 9.17) is 4.74 Å². The van der Waals surface area contributed by atoms with Crippen LogP contribution >= 0.6 is 0 Å². The molecule has 132 valence electrons. The second-order valence-electron chi connectivity index (χ2n) is 6.17. The number of carboxylic acids is 1. The number of likely N-dealkylation sites (tertiary alicyclic amines) is 1. The molecule has 1 aliphatic rings. The molecule has 0 unspecified atom stereocenters. The number of carboxylic acid groups (broad SMARTS) is 1. The largest absolute Gasteiger partial charge is 0.497 e. The fraction of sp³-hybridized carbons (Fsp3) is 0.389. The smallest absolute Gasteiger partial charge is 0.308 e. The van der Waals surface area contributed by atoms with E-state index in [9.17, 15) is 14.7 Å². The van der Waals surface area contributed by atoms with Crippen molar-refractivity contribution in [2.75, 3.05) is 7.11 Å². The van der Waals surface area contributed by atoms with Crippen molar-refractivity contribution in [1.82, 2.24) is 14.7 Å². The van der Waals surface area contributed by atoms with E-state index >= 15 is 0 Å². The van der Waals surface area contributed by atoms with E-state index in [0.717, 1.165) is 11.3 Å². The zero-order valence-corrected chi connectivity index (χ0v) is 14.3. The summed E-state index contributed by atoms with van der Waals surface area (Å²) in [4.78, 5) is 26.0. The van der Waals surface area contributed by atoms with Crippen LogP contribution in [-0.2, 0) is 23.2 Å². The van der Waals surface area contributed by atoms with Crippen LogP contribution in [0.3, 0.4) is 0 Å². The molecule has 0 spiro atoms. The maximum atomic E-state index is 12.6. The molecule has 7 heteroatoms. The lowest BCUT2D eigenvalue weighted by Crippen LogP contribution is -2.45. The van der Waals surface area contributed by atoms with Crippen LogP contribution in [-0.4, -0.2) is 38.8 Å². The van der Waals surface area contributed by atoms with Crippen molar-refractivity contribution < 1.29 is 19.4 Å². The Morgan fingerprint density at radius 3 is 2.60 bits per heavy atom. The van der Waals surface area contributed by atoms with Crippen molar-refractivity contribution >= 4 is 11.9 Å². The molecule has 1 amide bonds. The first kappa shape index (κ1) is 17.0. The molecule has 1 aromatic heterocycles. The lowest BCUT2D eigenvalue weighted by atomic mass is 9.84. The van der Waals surface area contributed by atoms with Crippen LogP contribution in [0.15, 0.2) is 36.5 Å². The molecule has 3 rings (SSSR count). The molecule has 1 N–H and O–H groups in total. The number of hydrogen-bond donors (Lipinski definition) is 1. The number of piperidine rings is 1. The molecular formula is C18H21N3O4. The lowest BCUT2D eigenvalue weighted by Gasteiger charge is -2.39. The minimum atomic E-state index is -0.886. The van der Waals surface area contributed by atoms with Crippen LogP contribution in [0.4, 0.5) is 0 Å². The first-order valence-electron chi connectivity index (χ1n) is 8.14. The maximum absolute atomic E-state index is 12.6. The van der Waals surface area contributed by atoms with Gasteiger partial charge in [0, 0.05) is 19.7 Å². The number of carbonyl (C=O) groups excluding carboxylic acids is 1. The van der Waals surface area contributed by atoms with Crippen molar-refractivity contribution in [2.24, 2.45) is 13.0 Å². The average molecular weight is 343 g/mol. The third-order valence-electron chi connectivity index (χ3n) is 4.74. The fourth-order valence-electron chi connectivity index (χ4n) is 3.34. The molecular weight excluding hydrogens is 322 g/mol. The van der Waals surface area contributed by atoms with Gasteiger partial charge in [0.1, 0.15) is 5.75 Å². The Bertz CT molecular complexity index is 769. The predicted molar refractivity (Wildman–Crippen MR) is 89.9 cm³/mol. The van der Waals surface area contributed by atoms with Gasteiger partial charge in [0.05, 0.1) is 31.3 Å². The highest BCUT2D eigenvalue weighted by molar-refractivity contribution is 5.81. The number of amides is 1. The van der Waals surface area contributed by atoms with Gasteiger partial charge in [-0.15, -0.1) is 0 Å². The summed E-state index contributed by atoms with van der Waals surface area (Å²) in [7, 11) is 3.38. The van der Waals surface area contributed by atoms with E-state index < -0.39 is 17.9 Å². The van der Waals surface area contributed by atoms with Gasteiger partial charge in [-0.3, -0.25) is 14.3 Å². The number of benzene rings is 1.